The highest BCUT2D eigenvalue weighted by Crippen LogP contribution is 2.36. The van der Waals surface area contributed by atoms with Crippen LogP contribution in [0.3, 0.4) is 0 Å². The monoisotopic (exact) mass is 329 g/mol. The molecule has 4 heteroatoms. The predicted molar refractivity (Wildman–Crippen MR) is 100 cm³/mol. The first-order chi connectivity index (χ1) is 12.0. The van der Waals surface area contributed by atoms with Gasteiger partial charge in [-0.2, -0.15) is 5.26 Å². The van der Waals surface area contributed by atoms with Gasteiger partial charge < -0.3 is 10.5 Å². The lowest BCUT2D eigenvalue weighted by Gasteiger charge is -2.14. The number of aryl methyl sites for hydroxylation is 2. The number of ether oxygens (including phenoxy) is 1. The Labute approximate surface area is 147 Å². The molecule has 124 valence electrons. The van der Waals surface area contributed by atoms with Crippen LogP contribution in [0.15, 0.2) is 48.5 Å². The van der Waals surface area contributed by atoms with Crippen LogP contribution < -0.4 is 10.5 Å². The Kier molecular flexibility index (Phi) is 4.40. The molecule has 0 spiro atoms. The number of pyridine rings is 1. The Bertz CT molecular complexity index is 987. The number of nitrogens with zero attached hydrogens (tertiary/aromatic N) is 2. The van der Waals surface area contributed by atoms with Gasteiger partial charge in [0.25, 0.3) is 0 Å². The first-order valence-corrected chi connectivity index (χ1v) is 7.96. The van der Waals surface area contributed by atoms with Crippen molar-refractivity contribution < 1.29 is 4.74 Å². The van der Waals surface area contributed by atoms with E-state index in [0.29, 0.717) is 17.0 Å². The van der Waals surface area contributed by atoms with Crippen LogP contribution in [0.4, 0.5) is 5.82 Å². The quantitative estimate of drug-likeness (QED) is 0.768. The second-order valence-corrected chi connectivity index (χ2v) is 5.95. The topological polar surface area (TPSA) is 71.9 Å². The number of aromatic nitrogens is 1. The van der Waals surface area contributed by atoms with Crippen LogP contribution in [0.1, 0.15) is 16.7 Å². The highest BCUT2D eigenvalue weighted by Gasteiger charge is 2.16. The van der Waals surface area contributed by atoms with Gasteiger partial charge in [0, 0.05) is 11.1 Å². The Hall–Kier alpha value is -3.32. The van der Waals surface area contributed by atoms with E-state index < -0.39 is 0 Å². The van der Waals surface area contributed by atoms with Gasteiger partial charge in [-0.15, -0.1) is 0 Å². The van der Waals surface area contributed by atoms with Crippen LogP contribution >= 0.6 is 0 Å². The molecule has 0 aliphatic carbocycles. The lowest BCUT2D eigenvalue weighted by Crippen LogP contribution is -2.01. The molecule has 2 N–H and O–H groups in total. The van der Waals surface area contributed by atoms with Gasteiger partial charge in [-0.1, -0.05) is 35.9 Å². The van der Waals surface area contributed by atoms with E-state index in [-0.39, 0.29) is 5.82 Å². The molecule has 25 heavy (non-hydrogen) atoms. The van der Waals surface area contributed by atoms with Crippen LogP contribution in [0.2, 0.25) is 0 Å². The first-order valence-electron chi connectivity index (χ1n) is 7.96. The van der Waals surface area contributed by atoms with Crippen molar-refractivity contribution in [2.45, 2.75) is 13.8 Å². The van der Waals surface area contributed by atoms with E-state index >= 15 is 0 Å². The first kappa shape index (κ1) is 16.5. The number of methoxy groups -OCH3 is 1. The minimum absolute atomic E-state index is 0.224. The molecule has 0 amide bonds. The van der Waals surface area contributed by atoms with Crippen molar-refractivity contribution in [1.82, 2.24) is 4.98 Å². The number of benzene rings is 2. The maximum atomic E-state index is 9.59. The van der Waals surface area contributed by atoms with Gasteiger partial charge >= 0.3 is 0 Å². The van der Waals surface area contributed by atoms with Gasteiger partial charge in [0.1, 0.15) is 23.2 Å². The molecule has 1 heterocycles. The minimum atomic E-state index is 0.224. The normalized spacial score (nSPS) is 10.3. The molecule has 0 saturated heterocycles. The van der Waals surface area contributed by atoms with Crippen molar-refractivity contribution >= 4 is 5.82 Å². The molecule has 4 nitrogen and oxygen atoms in total. The van der Waals surface area contributed by atoms with Crippen LogP contribution in [0.25, 0.3) is 22.4 Å². The maximum Gasteiger partial charge on any atom is 0.142 e. The van der Waals surface area contributed by atoms with E-state index in [1.165, 1.54) is 0 Å². The fourth-order valence-corrected chi connectivity index (χ4v) is 2.91. The molecule has 3 rings (SSSR count). The third kappa shape index (κ3) is 3.05. The average Bonchev–Trinajstić information content (AvgIpc) is 2.63. The number of anilines is 1. The van der Waals surface area contributed by atoms with Crippen LogP contribution in [0, 0.1) is 25.2 Å². The van der Waals surface area contributed by atoms with Gasteiger partial charge in [-0.05, 0) is 43.2 Å². The molecule has 0 aliphatic rings. The van der Waals surface area contributed by atoms with E-state index in [1.807, 2.05) is 50.2 Å². The summed E-state index contributed by atoms with van der Waals surface area (Å²) < 4.78 is 5.44. The minimum Gasteiger partial charge on any atom is -0.496 e. The lowest BCUT2D eigenvalue weighted by molar-refractivity contribution is 0.416. The van der Waals surface area contributed by atoms with Gasteiger partial charge in [-0.3, -0.25) is 0 Å². The third-order valence-electron chi connectivity index (χ3n) is 4.23. The fourth-order valence-electron chi connectivity index (χ4n) is 2.91. The van der Waals surface area contributed by atoms with Crippen LogP contribution in [0.5, 0.6) is 5.75 Å². The largest absolute Gasteiger partial charge is 0.496 e. The Morgan fingerprint density at radius 3 is 2.48 bits per heavy atom. The molecule has 0 aliphatic heterocycles. The average molecular weight is 329 g/mol. The molecular weight excluding hydrogens is 310 g/mol. The zero-order valence-corrected chi connectivity index (χ0v) is 14.5. The smallest absolute Gasteiger partial charge is 0.142 e. The summed E-state index contributed by atoms with van der Waals surface area (Å²) in [4.78, 5) is 4.44. The SMILES string of the molecule is COc1ccccc1-c1cc(-c2cc(C)ccc2C)c(C#N)c(N)n1. The van der Waals surface area contributed by atoms with Crippen LogP contribution in [-0.2, 0) is 0 Å². The zero-order chi connectivity index (χ0) is 18.0. The summed E-state index contributed by atoms with van der Waals surface area (Å²) in [6.45, 7) is 4.05. The summed E-state index contributed by atoms with van der Waals surface area (Å²) in [5, 5.41) is 9.59. The third-order valence-corrected chi connectivity index (χ3v) is 4.23. The molecule has 0 bridgehead atoms. The number of para-hydroxylation sites is 1. The zero-order valence-electron chi connectivity index (χ0n) is 14.5. The standard InChI is InChI=1S/C21H19N3O/c1-13-8-9-14(2)16(10-13)17-11-19(24-21(23)18(17)12-22)15-6-4-5-7-20(15)25-3/h4-11H,1-3H3,(H2,23,24). The molecule has 2 aromatic carbocycles. The molecule has 0 radical (unpaired) electrons. The summed E-state index contributed by atoms with van der Waals surface area (Å²) in [5.74, 6) is 0.938. The van der Waals surface area contributed by atoms with Crippen molar-refractivity contribution in [2.75, 3.05) is 12.8 Å². The van der Waals surface area contributed by atoms with Gasteiger partial charge in [-0.25, -0.2) is 4.98 Å². The molecule has 1 aromatic heterocycles. The number of nitrogens with two attached hydrogens (primary N) is 1. The molecule has 0 atom stereocenters. The summed E-state index contributed by atoms with van der Waals surface area (Å²) in [6.07, 6.45) is 0. The Morgan fingerprint density at radius 1 is 1.00 bits per heavy atom. The van der Waals surface area contributed by atoms with Crippen molar-refractivity contribution in [1.29, 1.82) is 5.26 Å². The fraction of sp³-hybridized carbons (Fsp3) is 0.143. The van der Waals surface area contributed by atoms with Crippen molar-refractivity contribution in [3.05, 3.63) is 65.2 Å². The van der Waals surface area contributed by atoms with Crippen molar-refractivity contribution in [3.63, 3.8) is 0 Å². The summed E-state index contributed by atoms with van der Waals surface area (Å²) >= 11 is 0. The second-order valence-electron chi connectivity index (χ2n) is 5.95. The number of nitrogen functional groups attached to an aromatic ring is 1. The molecule has 0 saturated carbocycles. The summed E-state index contributed by atoms with van der Waals surface area (Å²) in [5.41, 5.74) is 12.0. The van der Waals surface area contributed by atoms with Gasteiger partial charge in [0.2, 0.25) is 0 Å². The summed E-state index contributed by atoms with van der Waals surface area (Å²) in [6, 6.07) is 17.9. The maximum absolute atomic E-state index is 9.59. The van der Waals surface area contributed by atoms with Crippen molar-refractivity contribution in [2.24, 2.45) is 0 Å². The number of rotatable bonds is 3. The number of hydrogen-bond donors (Lipinski definition) is 1. The van der Waals surface area contributed by atoms with E-state index in [9.17, 15) is 5.26 Å². The van der Waals surface area contributed by atoms with Gasteiger partial charge in [0.15, 0.2) is 0 Å². The van der Waals surface area contributed by atoms with E-state index in [1.54, 1.807) is 7.11 Å². The van der Waals surface area contributed by atoms with Crippen LogP contribution in [-0.4, -0.2) is 12.1 Å². The van der Waals surface area contributed by atoms with Crippen molar-refractivity contribution in [3.8, 4) is 34.2 Å². The predicted octanol–water partition coefficient (Wildman–Crippen LogP) is 4.49. The number of nitriles is 1. The second kappa shape index (κ2) is 6.66. The lowest BCUT2D eigenvalue weighted by atomic mass is 9.94. The molecular formula is C21H19N3O. The van der Waals surface area contributed by atoms with E-state index in [4.69, 9.17) is 10.5 Å². The highest BCUT2D eigenvalue weighted by molar-refractivity contribution is 5.83. The molecule has 0 unspecified atom stereocenters. The van der Waals surface area contributed by atoms with E-state index in [0.717, 1.165) is 27.8 Å². The summed E-state index contributed by atoms with van der Waals surface area (Å²) in [7, 11) is 1.62. The van der Waals surface area contributed by atoms with Gasteiger partial charge in [0.05, 0.1) is 12.8 Å². The van der Waals surface area contributed by atoms with E-state index in [2.05, 4.69) is 23.2 Å². The Balaban J connectivity index is 2.31. The number of hydrogen-bond acceptors (Lipinski definition) is 4. The highest BCUT2D eigenvalue weighted by atomic mass is 16.5. The molecule has 3 aromatic rings. The molecule has 0 fully saturated rings. The Morgan fingerprint density at radius 2 is 1.76 bits per heavy atom.